The molecule has 0 spiro atoms. The number of nitrogens with one attached hydrogen (secondary N) is 1. The zero-order valence-electron chi connectivity index (χ0n) is 24.3. The second-order valence-corrected chi connectivity index (χ2v) is 12.8. The maximum absolute atomic E-state index is 14.0. The molecule has 1 N–H and O–H groups in total. The quantitative estimate of drug-likeness (QED) is 0.208. The number of rotatable bonds is 10. The van der Waals surface area contributed by atoms with E-state index in [1.54, 1.807) is 9.80 Å². The van der Waals surface area contributed by atoms with Gasteiger partial charge in [0.15, 0.2) is 0 Å². The molecule has 1 heterocycles. The van der Waals surface area contributed by atoms with Crippen molar-refractivity contribution in [1.82, 2.24) is 10.2 Å². The number of hydrogen-bond donors (Lipinski definition) is 1. The van der Waals surface area contributed by atoms with Crippen LogP contribution in [-0.2, 0) is 22.6 Å². The Bertz CT molecular complexity index is 1610. The van der Waals surface area contributed by atoms with Crippen LogP contribution in [0.3, 0.4) is 0 Å². The van der Waals surface area contributed by atoms with Crippen LogP contribution in [0, 0.1) is 0 Å². The second-order valence-electron chi connectivity index (χ2n) is 11.8. The van der Waals surface area contributed by atoms with E-state index in [1.165, 1.54) is 0 Å². The van der Waals surface area contributed by atoms with Gasteiger partial charge >= 0.3 is 0 Å². The van der Waals surface area contributed by atoms with E-state index in [0.29, 0.717) is 31.5 Å². The van der Waals surface area contributed by atoms with Crippen molar-refractivity contribution < 1.29 is 14.4 Å². The third-order valence-corrected chi connectivity index (χ3v) is 7.93. The molecule has 0 aromatic heterocycles. The Morgan fingerprint density at radius 3 is 2.31 bits per heavy atom. The predicted molar refractivity (Wildman–Crippen MR) is 171 cm³/mol. The molecule has 42 heavy (non-hydrogen) atoms. The van der Waals surface area contributed by atoms with E-state index in [-0.39, 0.29) is 24.1 Å². The van der Waals surface area contributed by atoms with Crippen LogP contribution in [0.15, 0.2) is 95.5 Å². The van der Waals surface area contributed by atoms with Gasteiger partial charge in [0, 0.05) is 46.9 Å². The van der Waals surface area contributed by atoms with Gasteiger partial charge in [-0.3, -0.25) is 14.4 Å². The molecule has 6 nitrogen and oxygen atoms in total. The molecule has 1 atom stereocenters. The third kappa shape index (κ3) is 6.73. The monoisotopic (exact) mass is 625 g/mol. The topological polar surface area (TPSA) is 69.7 Å². The van der Waals surface area contributed by atoms with Gasteiger partial charge in [-0.1, -0.05) is 82.7 Å². The first kappa shape index (κ1) is 29.5. The predicted octanol–water partition coefficient (Wildman–Crippen LogP) is 6.90. The molecule has 5 rings (SSSR count). The van der Waals surface area contributed by atoms with E-state index in [9.17, 15) is 14.4 Å². The van der Waals surface area contributed by atoms with Crippen LogP contribution in [0.4, 0.5) is 5.69 Å². The molecule has 7 heteroatoms. The van der Waals surface area contributed by atoms with Gasteiger partial charge in [-0.05, 0) is 68.0 Å². The van der Waals surface area contributed by atoms with Crippen molar-refractivity contribution in [1.29, 1.82) is 0 Å². The summed E-state index contributed by atoms with van der Waals surface area (Å²) in [6.07, 6.45) is 1.07. The van der Waals surface area contributed by atoms with Crippen LogP contribution < -0.4 is 10.2 Å². The van der Waals surface area contributed by atoms with E-state index in [4.69, 9.17) is 0 Å². The molecule has 0 unspecified atom stereocenters. The van der Waals surface area contributed by atoms with Gasteiger partial charge in [-0.25, -0.2) is 0 Å². The van der Waals surface area contributed by atoms with E-state index < -0.39 is 11.6 Å². The molecule has 1 aliphatic rings. The Kier molecular flexibility index (Phi) is 8.78. The highest BCUT2D eigenvalue weighted by molar-refractivity contribution is 9.10. The van der Waals surface area contributed by atoms with E-state index in [1.807, 2.05) is 112 Å². The average Bonchev–Trinajstić information content (AvgIpc) is 3.22. The molecule has 4 aromatic rings. The highest BCUT2D eigenvalue weighted by Gasteiger charge is 2.33. The Balaban J connectivity index is 1.39. The van der Waals surface area contributed by atoms with Gasteiger partial charge in [0.1, 0.15) is 6.04 Å². The summed E-state index contributed by atoms with van der Waals surface area (Å²) in [5.74, 6) is -0.347. The zero-order valence-corrected chi connectivity index (χ0v) is 25.9. The van der Waals surface area contributed by atoms with Crippen LogP contribution in [0.5, 0.6) is 0 Å². The number of hydrogen-bond acceptors (Lipinski definition) is 3. The minimum atomic E-state index is -0.704. The lowest BCUT2D eigenvalue weighted by molar-refractivity contribution is -0.142. The summed E-state index contributed by atoms with van der Waals surface area (Å²) in [4.78, 5) is 44.5. The van der Waals surface area contributed by atoms with Crippen molar-refractivity contribution in [3.8, 4) is 0 Å². The number of anilines is 1. The fourth-order valence-electron chi connectivity index (χ4n) is 5.57. The minimum Gasteiger partial charge on any atom is -0.350 e. The lowest BCUT2D eigenvalue weighted by atomic mass is 10.00. The third-order valence-electron chi connectivity index (χ3n) is 7.43. The Labute approximate surface area is 255 Å². The molecular weight excluding hydrogens is 590 g/mol. The molecular formula is C35H36BrN3O3. The summed E-state index contributed by atoms with van der Waals surface area (Å²) in [6.45, 7) is 6.53. The van der Waals surface area contributed by atoms with Gasteiger partial charge in [-0.15, -0.1) is 0 Å². The van der Waals surface area contributed by atoms with Crippen LogP contribution in [0.1, 0.15) is 55.1 Å². The van der Waals surface area contributed by atoms with Crippen molar-refractivity contribution >= 4 is 50.1 Å². The van der Waals surface area contributed by atoms with Gasteiger partial charge in [0.2, 0.25) is 11.8 Å². The number of carbonyl (C=O) groups excluding carboxylic acids is 3. The molecule has 4 aromatic carbocycles. The Hall–Kier alpha value is -3.97. The highest BCUT2D eigenvalue weighted by atomic mass is 79.9. The summed E-state index contributed by atoms with van der Waals surface area (Å²) in [5, 5.41) is 5.11. The molecule has 0 saturated heterocycles. The molecule has 1 aliphatic heterocycles. The average molecular weight is 627 g/mol. The lowest BCUT2D eigenvalue weighted by Crippen LogP contribution is -2.54. The first-order valence-electron chi connectivity index (χ1n) is 14.3. The summed E-state index contributed by atoms with van der Waals surface area (Å²) >= 11 is 3.54. The number of halogens is 1. The summed E-state index contributed by atoms with van der Waals surface area (Å²) in [6, 6.07) is 28.6. The molecule has 0 fully saturated rings. The summed E-state index contributed by atoms with van der Waals surface area (Å²) in [5.41, 5.74) is 3.04. The minimum absolute atomic E-state index is 0.0354. The normalized spacial score (nSPS) is 13.3. The van der Waals surface area contributed by atoms with Crippen LogP contribution in [-0.4, -0.2) is 40.7 Å². The van der Waals surface area contributed by atoms with Crippen molar-refractivity contribution in [2.75, 3.05) is 11.4 Å². The van der Waals surface area contributed by atoms with E-state index in [2.05, 4.69) is 21.2 Å². The fourth-order valence-corrected chi connectivity index (χ4v) is 6.02. The van der Waals surface area contributed by atoms with E-state index in [0.717, 1.165) is 32.1 Å². The SMILES string of the molecule is CC(C)(C)NC(=O)[C@H](Cc1ccccc1)N(Cc1cccc(Br)c1)C(=O)CCCN1C(=O)c2cccc3cccc1c23. The standard InChI is InChI=1S/C35H36BrN3O3/c1-35(2,3)37-33(41)30(22-24-11-5-4-6-12-24)39(23-25-13-7-16-27(36)21-25)31(40)19-10-20-38-29-18-9-15-26-14-8-17-28(32(26)29)34(38)42/h4-9,11-18,21,30H,10,19-20,22-23H2,1-3H3,(H,37,41)/t30-/m0/s1. The lowest BCUT2D eigenvalue weighted by Gasteiger charge is -2.34. The maximum atomic E-state index is 14.0. The molecule has 0 bridgehead atoms. The number of nitrogens with zero attached hydrogens (tertiary/aromatic N) is 2. The van der Waals surface area contributed by atoms with Gasteiger partial charge in [0.05, 0.1) is 5.69 Å². The summed E-state index contributed by atoms with van der Waals surface area (Å²) < 4.78 is 0.910. The largest absolute Gasteiger partial charge is 0.350 e. The Morgan fingerprint density at radius 2 is 1.60 bits per heavy atom. The first-order valence-corrected chi connectivity index (χ1v) is 15.1. The van der Waals surface area contributed by atoms with Gasteiger partial charge < -0.3 is 15.1 Å². The van der Waals surface area contributed by atoms with Crippen molar-refractivity contribution in [2.45, 2.75) is 58.2 Å². The van der Waals surface area contributed by atoms with Crippen molar-refractivity contribution in [2.24, 2.45) is 0 Å². The molecule has 0 saturated carbocycles. The highest BCUT2D eigenvalue weighted by Crippen LogP contribution is 2.37. The zero-order chi connectivity index (χ0) is 29.9. The van der Waals surface area contributed by atoms with E-state index >= 15 is 0 Å². The number of carbonyl (C=O) groups is 3. The number of benzene rings is 4. The molecule has 0 radical (unpaired) electrons. The van der Waals surface area contributed by atoms with Crippen molar-refractivity contribution in [3.05, 3.63) is 112 Å². The van der Waals surface area contributed by atoms with Gasteiger partial charge in [-0.2, -0.15) is 0 Å². The maximum Gasteiger partial charge on any atom is 0.258 e. The summed E-state index contributed by atoms with van der Waals surface area (Å²) in [7, 11) is 0. The van der Waals surface area contributed by atoms with Crippen LogP contribution >= 0.6 is 15.9 Å². The van der Waals surface area contributed by atoms with Gasteiger partial charge in [0.25, 0.3) is 5.91 Å². The second kappa shape index (κ2) is 12.5. The van der Waals surface area contributed by atoms with Crippen molar-refractivity contribution in [3.63, 3.8) is 0 Å². The Morgan fingerprint density at radius 1 is 0.905 bits per heavy atom. The molecule has 3 amide bonds. The molecule has 216 valence electrons. The fraction of sp³-hybridized carbons (Fsp3) is 0.286. The van der Waals surface area contributed by atoms with Crippen LogP contribution in [0.25, 0.3) is 10.8 Å². The number of amides is 3. The molecule has 0 aliphatic carbocycles. The van der Waals surface area contributed by atoms with Crippen LogP contribution in [0.2, 0.25) is 0 Å². The first-order chi connectivity index (χ1) is 20.1. The smallest absolute Gasteiger partial charge is 0.258 e.